The average molecular weight is 448 g/mol. The topological polar surface area (TPSA) is 91.3 Å². The first-order valence-corrected chi connectivity index (χ1v) is 11.6. The van der Waals surface area contributed by atoms with Gasteiger partial charge in [-0.3, -0.25) is 14.4 Å². The largest absolute Gasteiger partial charge is 0.350 e. The minimum Gasteiger partial charge on any atom is -0.350 e. The Morgan fingerprint density at radius 2 is 2.03 bits per heavy atom. The van der Waals surface area contributed by atoms with Gasteiger partial charge >= 0.3 is 0 Å². The van der Waals surface area contributed by atoms with E-state index >= 15 is 0 Å². The molecule has 1 saturated heterocycles. The van der Waals surface area contributed by atoms with Crippen LogP contribution in [0.3, 0.4) is 0 Å². The summed E-state index contributed by atoms with van der Waals surface area (Å²) in [6, 6.07) is 8.00. The molecule has 33 heavy (non-hydrogen) atoms. The molecule has 1 aromatic carbocycles. The highest BCUT2D eigenvalue weighted by Crippen LogP contribution is 2.31. The lowest BCUT2D eigenvalue weighted by Gasteiger charge is -2.28. The molecule has 0 radical (unpaired) electrons. The summed E-state index contributed by atoms with van der Waals surface area (Å²) in [7, 11) is 2.02. The van der Waals surface area contributed by atoms with Crippen molar-refractivity contribution in [3.8, 4) is 0 Å². The third-order valence-corrected chi connectivity index (χ3v) is 7.01. The van der Waals surface area contributed by atoms with Crippen LogP contribution in [-0.2, 0) is 36.0 Å². The SMILES string of the molecule is CC(=O)N1CCc2c(nc([C@H]3CCCN3C(=O)CCc3cn(C)c4ccccc34)[nH]c2=O)C1. The molecule has 0 aliphatic carbocycles. The summed E-state index contributed by atoms with van der Waals surface area (Å²) in [6.07, 6.45) is 5.35. The molecule has 0 spiro atoms. The van der Waals surface area contributed by atoms with Gasteiger partial charge in [-0.15, -0.1) is 0 Å². The molecule has 8 heteroatoms. The Labute approximate surface area is 192 Å². The maximum Gasteiger partial charge on any atom is 0.254 e. The number of nitrogens with zero attached hydrogens (tertiary/aromatic N) is 4. The zero-order valence-corrected chi connectivity index (χ0v) is 19.1. The molecule has 2 aliphatic heterocycles. The molecule has 3 aromatic rings. The molecule has 1 atom stereocenters. The quantitative estimate of drug-likeness (QED) is 0.665. The van der Waals surface area contributed by atoms with Gasteiger partial charge in [0.05, 0.1) is 18.3 Å². The molecule has 0 saturated carbocycles. The third kappa shape index (κ3) is 3.94. The van der Waals surface area contributed by atoms with Crippen LogP contribution in [0.2, 0.25) is 0 Å². The number of likely N-dealkylation sites (tertiary alicyclic amines) is 1. The van der Waals surface area contributed by atoms with Gasteiger partial charge in [0.1, 0.15) is 5.82 Å². The summed E-state index contributed by atoms with van der Waals surface area (Å²) >= 11 is 0. The summed E-state index contributed by atoms with van der Waals surface area (Å²) in [4.78, 5) is 49.0. The van der Waals surface area contributed by atoms with Gasteiger partial charge in [-0.05, 0) is 37.3 Å². The first-order chi connectivity index (χ1) is 15.9. The van der Waals surface area contributed by atoms with Crippen molar-refractivity contribution in [1.29, 1.82) is 0 Å². The molecular weight excluding hydrogens is 418 g/mol. The lowest BCUT2D eigenvalue weighted by atomic mass is 10.1. The fourth-order valence-electron chi connectivity index (χ4n) is 5.24. The molecule has 5 rings (SSSR count). The standard InChI is InChI=1S/C25H29N5O3/c1-16(31)29-13-11-19-20(15-29)26-24(27-25(19)33)22-8-5-12-30(22)23(32)10-9-17-14-28(2)21-7-4-3-6-18(17)21/h3-4,6-7,14,22H,5,8-13,15H2,1-2H3,(H,26,27,33)/t22-/m1/s1. The van der Waals surface area contributed by atoms with Crippen molar-refractivity contribution in [1.82, 2.24) is 24.3 Å². The number of amides is 2. The number of rotatable bonds is 4. The van der Waals surface area contributed by atoms with Crippen LogP contribution < -0.4 is 5.56 Å². The second-order valence-electron chi connectivity index (χ2n) is 9.09. The summed E-state index contributed by atoms with van der Waals surface area (Å²) in [5.41, 5.74) is 3.50. The van der Waals surface area contributed by atoms with Crippen LogP contribution in [0.25, 0.3) is 10.9 Å². The van der Waals surface area contributed by atoms with Gasteiger partial charge in [0.25, 0.3) is 5.56 Å². The highest BCUT2D eigenvalue weighted by atomic mass is 16.2. The second kappa shape index (κ2) is 8.50. The van der Waals surface area contributed by atoms with Crippen LogP contribution in [0, 0.1) is 0 Å². The Hall–Kier alpha value is -3.42. The highest BCUT2D eigenvalue weighted by Gasteiger charge is 2.33. The summed E-state index contributed by atoms with van der Waals surface area (Å²) < 4.78 is 2.10. The number of benzene rings is 1. The number of carbonyl (C=O) groups is 2. The van der Waals surface area contributed by atoms with Crippen LogP contribution in [0.15, 0.2) is 35.3 Å². The Balaban J connectivity index is 1.34. The Morgan fingerprint density at radius 3 is 2.85 bits per heavy atom. The maximum atomic E-state index is 13.2. The predicted molar refractivity (Wildman–Crippen MR) is 125 cm³/mol. The lowest BCUT2D eigenvalue weighted by molar-refractivity contribution is -0.132. The van der Waals surface area contributed by atoms with E-state index in [9.17, 15) is 14.4 Å². The van der Waals surface area contributed by atoms with Gasteiger partial charge in [-0.2, -0.15) is 0 Å². The van der Waals surface area contributed by atoms with Crippen LogP contribution in [0.5, 0.6) is 0 Å². The molecule has 1 N–H and O–H groups in total. The van der Waals surface area contributed by atoms with Crippen molar-refractivity contribution in [3.63, 3.8) is 0 Å². The van der Waals surface area contributed by atoms with Gasteiger partial charge in [0, 0.05) is 56.1 Å². The Morgan fingerprint density at radius 1 is 1.21 bits per heavy atom. The van der Waals surface area contributed by atoms with E-state index in [0.29, 0.717) is 56.0 Å². The van der Waals surface area contributed by atoms with E-state index in [1.54, 1.807) is 4.90 Å². The number of aryl methyl sites for hydroxylation is 2. The monoisotopic (exact) mass is 447 g/mol. The van der Waals surface area contributed by atoms with Gasteiger partial charge in [-0.1, -0.05) is 18.2 Å². The fourth-order valence-corrected chi connectivity index (χ4v) is 5.24. The van der Waals surface area contributed by atoms with Crippen LogP contribution >= 0.6 is 0 Å². The fraction of sp³-hybridized carbons (Fsp3) is 0.440. The van der Waals surface area contributed by atoms with Crippen molar-refractivity contribution in [3.05, 3.63) is 63.5 Å². The number of hydrogen-bond acceptors (Lipinski definition) is 4. The number of aromatic nitrogens is 3. The van der Waals surface area contributed by atoms with Crippen molar-refractivity contribution >= 4 is 22.7 Å². The van der Waals surface area contributed by atoms with Crippen molar-refractivity contribution < 1.29 is 9.59 Å². The third-order valence-electron chi connectivity index (χ3n) is 7.01. The predicted octanol–water partition coefficient (Wildman–Crippen LogP) is 2.46. The summed E-state index contributed by atoms with van der Waals surface area (Å²) in [5, 5.41) is 1.18. The second-order valence-corrected chi connectivity index (χ2v) is 9.09. The first kappa shape index (κ1) is 21.4. The molecule has 8 nitrogen and oxygen atoms in total. The molecule has 2 aliphatic rings. The molecule has 0 unspecified atom stereocenters. The minimum absolute atomic E-state index is 0.0182. The van der Waals surface area contributed by atoms with Crippen molar-refractivity contribution in [2.45, 2.75) is 51.6 Å². The molecule has 2 amide bonds. The summed E-state index contributed by atoms with van der Waals surface area (Å²) in [6.45, 7) is 3.09. The van der Waals surface area contributed by atoms with E-state index in [0.717, 1.165) is 18.4 Å². The van der Waals surface area contributed by atoms with E-state index < -0.39 is 0 Å². The van der Waals surface area contributed by atoms with Gasteiger partial charge < -0.3 is 19.4 Å². The van der Waals surface area contributed by atoms with E-state index in [2.05, 4.69) is 27.9 Å². The Bertz CT molecular complexity index is 1290. The number of carbonyl (C=O) groups excluding carboxylic acids is 2. The Kier molecular flexibility index (Phi) is 5.52. The van der Waals surface area contributed by atoms with Crippen LogP contribution in [0.4, 0.5) is 0 Å². The first-order valence-electron chi connectivity index (χ1n) is 11.6. The summed E-state index contributed by atoms with van der Waals surface area (Å²) in [5.74, 6) is 0.603. The molecular formula is C25H29N5O3. The molecule has 0 bridgehead atoms. The number of hydrogen-bond donors (Lipinski definition) is 1. The van der Waals surface area contributed by atoms with Crippen molar-refractivity contribution in [2.75, 3.05) is 13.1 Å². The molecule has 172 valence electrons. The van der Waals surface area contributed by atoms with E-state index in [1.807, 2.05) is 24.1 Å². The van der Waals surface area contributed by atoms with E-state index in [-0.39, 0.29) is 23.4 Å². The lowest BCUT2D eigenvalue weighted by Crippen LogP contribution is -2.39. The normalized spacial score (nSPS) is 18.1. The van der Waals surface area contributed by atoms with Crippen molar-refractivity contribution in [2.24, 2.45) is 7.05 Å². The van der Waals surface area contributed by atoms with Crippen LogP contribution in [-0.4, -0.2) is 49.2 Å². The smallest absolute Gasteiger partial charge is 0.254 e. The van der Waals surface area contributed by atoms with E-state index in [4.69, 9.17) is 4.98 Å². The van der Waals surface area contributed by atoms with Gasteiger partial charge in [0.15, 0.2) is 0 Å². The number of nitrogens with one attached hydrogen (secondary N) is 1. The highest BCUT2D eigenvalue weighted by molar-refractivity contribution is 5.85. The number of H-pyrrole nitrogens is 1. The van der Waals surface area contributed by atoms with Crippen LogP contribution in [0.1, 0.15) is 54.9 Å². The zero-order valence-electron chi connectivity index (χ0n) is 19.1. The number of aromatic amines is 1. The van der Waals surface area contributed by atoms with E-state index in [1.165, 1.54) is 17.9 Å². The molecule has 4 heterocycles. The number of fused-ring (bicyclic) bond motifs is 2. The molecule has 1 fully saturated rings. The minimum atomic E-state index is -0.226. The molecule has 2 aromatic heterocycles. The zero-order chi connectivity index (χ0) is 23.1. The average Bonchev–Trinajstić information content (AvgIpc) is 3.42. The van der Waals surface area contributed by atoms with Gasteiger partial charge in [-0.25, -0.2) is 4.98 Å². The van der Waals surface area contributed by atoms with Gasteiger partial charge in [0.2, 0.25) is 11.8 Å². The number of para-hydroxylation sites is 1. The maximum absolute atomic E-state index is 13.2.